The smallest absolute Gasteiger partial charge is 0.191 e. The van der Waals surface area contributed by atoms with Crippen LogP contribution < -0.4 is 10.6 Å². The van der Waals surface area contributed by atoms with Crippen LogP contribution in [0.15, 0.2) is 29.3 Å². The van der Waals surface area contributed by atoms with Crippen LogP contribution in [-0.2, 0) is 11.2 Å². The lowest BCUT2D eigenvalue weighted by Crippen LogP contribution is -2.40. The molecular formula is C20H34ClIN4O. The number of likely N-dealkylation sites (tertiary alicyclic amines) is 1. The van der Waals surface area contributed by atoms with Crippen molar-refractivity contribution in [3.8, 4) is 0 Å². The third kappa shape index (κ3) is 9.96. The van der Waals surface area contributed by atoms with Crippen LogP contribution in [-0.4, -0.2) is 63.8 Å². The predicted octanol–water partition coefficient (Wildman–Crippen LogP) is 3.41. The van der Waals surface area contributed by atoms with E-state index in [2.05, 4.69) is 28.5 Å². The van der Waals surface area contributed by atoms with E-state index in [0.717, 1.165) is 63.3 Å². The molecule has 1 fully saturated rings. The Morgan fingerprint density at radius 3 is 2.74 bits per heavy atom. The molecule has 1 aromatic rings. The van der Waals surface area contributed by atoms with E-state index in [1.54, 1.807) is 7.11 Å². The van der Waals surface area contributed by atoms with Gasteiger partial charge in [0.15, 0.2) is 5.96 Å². The van der Waals surface area contributed by atoms with Crippen molar-refractivity contribution in [3.63, 3.8) is 0 Å². The van der Waals surface area contributed by atoms with E-state index in [-0.39, 0.29) is 24.0 Å². The lowest BCUT2D eigenvalue weighted by atomic mass is 9.97. The van der Waals surface area contributed by atoms with Crippen LogP contribution in [0.1, 0.15) is 25.3 Å². The minimum Gasteiger partial charge on any atom is -0.383 e. The van der Waals surface area contributed by atoms with Crippen LogP contribution in [0.4, 0.5) is 0 Å². The first-order valence-electron chi connectivity index (χ1n) is 9.69. The van der Waals surface area contributed by atoms with E-state index < -0.39 is 0 Å². The SMILES string of the molecule is CCNC(=NCC1CCN(CCOC)CC1)NCCc1cccc(Cl)c1.I. The van der Waals surface area contributed by atoms with Gasteiger partial charge < -0.3 is 20.3 Å². The number of hydrogen-bond donors (Lipinski definition) is 2. The molecule has 0 unspecified atom stereocenters. The van der Waals surface area contributed by atoms with Gasteiger partial charge in [0.1, 0.15) is 0 Å². The standard InChI is InChI=1S/C20H33ClN4O.HI/c1-3-22-20(23-10-7-17-5-4-6-19(21)15-17)24-16-18-8-11-25(12-9-18)13-14-26-2;/h4-6,15,18H,3,7-14,16H2,1-2H3,(H2,22,23,24);1H. The molecule has 1 saturated heterocycles. The summed E-state index contributed by atoms with van der Waals surface area (Å²) in [5.41, 5.74) is 1.24. The molecule has 1 aliphatic rings. The Hall–Kier alpha value is -0.570. The van der Waals surface area contributed by atoms with Gasteiger partial charge in [-0.15, -0.1) is 24.0 Å². The second-order valence-corrected chi connectivity index (χ2v) is 7.24. The quantitative estimate of drug-likeness (QED) is 0.305. The molecule has 5 nitrogen and oxygen atoms in total. The van der Waals surface area contributed by atoms with Gasteiger partial charge in [-0.25, -0.2) is 0 Å². The van der Waals surface area contributed by atoms with Crippen molar-refractivity contribution in [1.82, 2.24) is 15.5 Å². The summed E-state index contributed by atoms with van der Waals surface area (Å²) in [6.45, 7) is 8.89. The number of aliphatic imine (C=N–C) groups is 1. The number of nitrogens with one attached hydrogen (secondary N) is 2. The fourth-order valence-corrected chi connectivity index (χ4v) is 3.41. The zero-order chi connectivity index (χ0) is 18.6. The predicted molar refractivity (Wildman–Crippen MR) is 126 cm³/mol. The summed E-state index contributed by atoms with van der Waals surface area (Å²) >= 11 is 6.04. The van der Waals surface area contributed by atoms with E-state index in [1.165, 1.54) is 18.4 Å². The van der Waals surface area contributed by atoms with Crippen molar-refractivity contribution in [2.24, 2.45) is 10.9 Å². The molecule has 0 spiro atoms. The Labute approximate surface area is 186 Å². The second kappa shape index (κ2) is 14.4. The molecule has 1 aliphatic heterocycles. The van der Waals surface area contributed by atoms with Crippen molar-refractivity contribution in [2.45, 2.75) is 26.2 Å². The summed E-state index contributed by atoms with van der Waals surface area (Å²) in [5.74, 6) is 1.59. The lowest BCUT2D eigenvalue weighted by Gasteiger charge is -2.31. The Morgan fingerprint density at radius 2 is 2.07 bits per heavy atom. The molecule has 2 rings (SSSR count). The highest BCUT2D eigenvalue weighted by molar-refractivity contribution is 14.0. The van der Waals surface area contributed by atoms with E-state index in [1.807, 2.05) is 18.2 Å². The lowest BCUT2D eigenvalue weighted by molar-refractivity contribution is 0.121. The number of piperidine rings is 1. The highest BCUT2D eigenvalue weighted by Crippen LogP contribution is 2.17. The zero-order valence-electron chi connectivity index (χ0n) is 16.5. The summed E-state index contributed by atoms with van der Waals surface area (Å²) in [5, 5.41) is 7.57. The molecule has 0 saturated carbocycles. The highest BCUT2D eigenvalue weighted by Gasteiger charge is 2.18. The van der Waals surface area contributed by atoms with E-state index in [4.69, 9.17) is 21.3 Å². The van der Waals surface area contributed by atoms with Crippen LogP contribution in [0, 0.1) is 5.92 Å². The molecule has 27 heavy (non-hydrogen) atoms. The average Bonchev–Trinajstić information content (AvgIpc) is 2.65. The van der Waals surface area contributed by atoms with Crippen molar-refractivity contribution < 1.29 is 4.74 Å². The molecule has 0 amide bonds. The molecule has 2 N–H and O–H groups in total. The van der Waals surface area contributed by atoms with Crippen molar-refractivity contribution in [2.75, 3.05) is 53.0 Å². The molecule has 0 bridgehead atoms. The number of halogens is 2. The summed E-state index contributed by atoms with van der Waals surface area (Å²) in [4.78, 5) is 7.28. The van der Waals surface area contributed by atoms with Gasteiger partial charge in [0.05, 0.1) is 6.61 Å². The molecule has 0 aliphatic carbocycles. The Bertz CT molecular complexity index is 551. The maximum absolute atomic E-state index is 6.04. The number of hydrogen-bond acceptors (Lipinski definition) is 3. The summed E-state index contributed by atoms with van der Waals surface area (Å²) in [6, 6.07) is 8.03. The largest absolute Gasteiger partial charge is 0.383 e. The van der Waals surface area contributed by atoms with Crippen LogP contribution in [0.3, 0.4) is 0 Å². The monoisotopic (exact) mass is 508 g/mol. The van der Waals surface area contributed by atoms with Gasteiger partial charge in [0.25, 0.3) is 0 Å². The highest BCUT2D eigenvalue weighted by atomic mass is 127. The third-order valence-electron chi connectivity index (χ3n) is 4.77. The van der Waals surface area contributed by atoms with Gasteiger partial charge in [0.2, 0.25) is 0 Å². The first kappa shape index (κ1) is 24.5. The molecule has 0 radical (unpaired) electrons. The average molecular weight is 509 g/mol. The number of benzene rings is 1. The summed E-state index contributed by atoms with van der Waals surface area (Å²) < 4.78 is 5.17. The first-order valence-corrected chi connectivity index (χ1v) is 10.1. The molecule has 0 aromatic heterocycles. The molecule has 154 valence electrons. The molecule has 7 heteroatoms. The maximum atomic E-state index is 6.04. The molecule has 1 heterocycles. The number of rotatable bonds is 9. The molecule has 0 atom stereocenters. The van der Waals surface area contributed by atoms with Crippen molar-refractivity contribution >= 4 is 41.5 Å². The van der Waals surface area contributed by atoms with Gasteiger partial charge in [0, 0.05) is 38.3 Å². The van der Waals surface area contributed by atoms with Crippen LogP contribution in [0.2, 0.25) is 5.02 Å². The fraction of sp³-hybridized carbons (Fsp3) is 0.650. The first-order chi connectivity index (χ1) is 12.7. The Kier molecular flexibility index (Phi) is 13.1. The van der Waals surface area contributed by atoms with Crippen molar-refractivity contribution in [1.29, 1.82) is 0 Å². The molecule has 1 aromatic carbocycles. The van der Waals surface area contributed by atoms with E-state index in [9.17, 15) is 0 Å². The van der Waals surface area contributed by atoms with Gasteiger partial charge >= 0.3 is 0 Å². The van der Waals surface area contributed by atoms with Gasteiger partial charge in [-0.3, -0.25) is 4.99 Å². The number of ether oxygens (including phenoxy) is 1. The van der Waals surface area contributed by atoms with Gasteiger partial charge in [-0.05, 0) is 62.9 Å². The minimum atomic E-state index is 0. The fourth-order valence-electron chi connectivity index (χ4n) is 3.19. The topological polar surface area (TPSA) is 48.9 Å². The minimum absolute atomic E-state index is 0. The van der Waals surface area contributed by atoms with Crippen LogP contribution >= 0.6 is 35.6 Å². The van der Waals surface area contributed by atoms with Crippen LogP contribution in [0.25, 0.3) is 0 Å². The summed E-state index contributed by atoms with van der Waals surface area (Å²) in [7, 11) is 1.77. The van der Waals surface area contributed by atoms with E-state index in [0.29, 0.717) is 5.92 Å². The zero-order valence-corrected chi connectivity index (χ0v) is 19.6. The maximum Gasteiger partial charge on any atom is 0.191 e. The van der Waals surface area contributed by atoms with Gasteiger partial charge in [-0.1, -0.05) is 23.7 Å². The Morgan fingerprint density at radius 1 is 1.30 bits per heavy atom. The number of methoxy groups -OCH3 is 1. The Balaban J connectivity index is 0.00000364. The molecular weight excluding hydrogens is 475 g/mol. The summed E-state index contributed by atoms with van der Waals surface area (Å²) in [6.07, 6.45) is 3.37. The van der Waals surface area contributed by atoms with Crippen LogP contribution in [0.5, 0.6) is 0 Å². The third-order valence-corrected chi connectivity index (χ3v) is 5.00. The van der Waals surface area contributed by atoms with Gasteiger partial charge in [-0.2, -0.15) is 0 Å². The number of guanidine groups is 1. The number of nitrogens with zero attached hydrogens (tertiary/aromatic N) is 2. The normalized spacial score (nSPS) is 16.0. The van der Waals surface area contributed by atoms with Crippen molar-refractivity contribution in [3.05, 3.63) is 34.9 Å². The second-order valence-electron chi connectivity index (χ2n) is 6.80. The van der Waals surface area contributed by atoms with E-state index >= 15 is 0 Å².